The minimum atomic E-state index is -1.30. The normalized spacial score (nSPS) is 14.7. The molecule has 0 rings (SSSR count). The van der Waals surface area contributed by atoms with E-state index < -0.39 is 29.9 Å². The third kappa shape index (κ3) is 6.85. The minimum absolute atomic E-state index is 0.296. The number of carboxylic acid groups (broad SMARTS) is 2. The number of hydrogen-bond acceptors (Lipinski definition) is 4. The van der Waals surface area contributed by atoms with Crippen molar-refractivity contribution in [1.29, 1.82) is 0 Å². The van der Waals surface area contributed by atoms with Gasteiger partial charge >= 0.3 is 17.9 Å². The molecule has 0 aromatic carbocycles. The molecule has 0 saturated carbocycles. The number of hydrogen-bond donors (Lipinski definition) is 2. The average molecular weight is 262 g/mol. The summed E-state index contributed by atoms with van der Waals surface area (Å²) in [5.74, 6) is -4.60. The smallest absolute Gasteiger partial charge is 0.320 e. The molecule has 0 aliphatic heterocycles. The first-order valence-corrected chi connectivity index (χ1v) is 5.48. The van der Waals surface area contributed by atoms with Gasteiger partial charge in [-0.3, -0.25) is 14.4 Å². The van der Waals surface area contributed by atoms with Gasteiger partial charge in [0, 0.05) is 0 Å². The van der Waals surface area contributed by atoms with E-state index in [1.54, 1.807) is 0 Å². The predicted octanol–water partition coefficient (Wildman–Crippen LogP) is -0.200. The summed E-state index contributed by atoms with van der Waals surface area (Å²) in [6.07, 6.45) is -1.18. The Bertz CT molecular complexity index is 333. The van der Waals surface area contributed by atoms with E-state index >= 15 is 0 Å². The Kier molecular flexibility index (Phi) is 5.77. The molecule has 0 aromatic heterocycles. The second-order valence-electron chi connectivity index (χ2n) is 5.19. The van der Waals surface area contributed by atoms with Crippen molar-refractivity contribution < 1.29 is 33.8 Å². The fraction of sp³-hybridized carbons (Fsp3) is 0.727. The Morgan fingerprint density at radius 3 is 2.00 bits per heavy atom. The molecule has 0 aromatic rings. The molecule has 2 atom stereocenters. The maximum Gasteiger partial charge on any atom is 0.320 e. The van der Waals surface area contributed by atoms with Crippen LogP contribution >= 0.6 is 0 Å². The van der Waals surface area contributed by atoms with Gasteiger partial charge in [-0.2, -0.15) is 0 Å². The molecular formula is C11H20NO6+. The molecule has 0 aliphatic carbocycles. The van der Waals surface area contributed by atoms with Crippen molar-refractivity contribution in [3.63, 3.8) is 0 Å². The molecule has 0 spiro atoms. The number of likely N-dealkylation sites (N-methyl/N-ethyl adjacent to an activating group) is 1. The predicted molar refractivity (Wildman–Crippen MR) is 61.8 cm³/mol. The topological polar surface area (TPSA) is 101 Å². The summed E-state index contributed by atoms with van der Waals surface area (Å²) in [4.78, 5) is 32.7. The molecule has 18 heavy (non-hydrogen) atoms. The molecule has 0 saturated heterocycles. The monoisotopic (exact) mass is 262 g/mol. The van der Waals surface area contributed by atoms with Crippen LogP contribution in [0.25, 0.3) is 0 Å². The van der Waals surface area contributed by atoms with Gasteiger partial charge in [0.25, 0.3) is 0 Å². The van der Waals surface area contributed by atoms with E-state index in [1.807, 2.05) is 21.1 Å². The summed E-state index contributed by atoms with van der Waals surface area (Å²) in [6, 6.07) is 0. The number of carboxylic acids is 2. The van der Waals surface area contributed by atoms with E-state index in [4.69, 9.17) is 14.9 Å². The number of ether oxygens (including phenoxy) is 1. The lowest BCUT2D eigenvalue weighted by Gasteiger charge is -2.28. The third-order valence-electron chi connectivity index (χ3n) is 2.16. The zero-order valence-corrected chi connectivity index (χ0v) is 11.0. The van der Waals surface area contributed by atoms with Crippen molar-refractivity contribution in [2.75, 3.05) is 27.7 Å². The molecule has 0 aliphatic rings. The van der Waals surface area contributed by atoms with Crippen LogP contribution in [-0.4, -0.2) is 66.4 Å². The highest BCUT2D eigenvalue weighted by Gasteiger charge is 2.29. The van der Waals surface area contributed by atoms with Crippen molar-refractivity contribution in [1.82, 2.24) is 0 Å². The second kappa shape index (κ2) is 6.34. The van der Waals surface area contributed by atoms with Crippen LogP contribution in [0.4, 0.5) is 0 Å². The second-order valence-corrected chi connectivity index (χ2v) is 5.19. The fourth-order valence-electron chi connectivity index (χ4n) is 1.32. The molecule has 0 bridgehead atoms. The van der Waals surface area contributed by atoms with Crippen LogP contribution in [0.3, 0.4) is 0 Å². The molecule has 7 nitrogen and oxygen atoms in total. The van der Waals surface area contributed by atoms with E-state index in [0.29, 0.717) is 11.0 Å². The summed E-state index contributed by atoms with van der Waals surface area (Å²) < 4.78 is 5.35. The average Bonchev–Trinajstić information content (AvgIpc) is 2.11. The molecule has 7 heteroatoms. The number of carbonyl (C=O) groups excluding carboxylic acids is 1. The highest BCUT2D eigenvalue weighted by molar-refractivity contribution is 5.93. The molecule has 0 amide bonds. The maximum atomic E-state index is 11.5. The van der Waals surface area contributed by atoms with Crippen molar-refractivity contribution >= 4 is 17.9 Å². The number of esters is 1. The van der Waals surface area contributed by atoms with Crippen LogP contribution in [0.5, 0.6) is 0 Å². The number of aliphatic carboxylic acids is 2. The Labute approximate surface area is 106 Å². The fourth-order valence-corrected chi connectivity index (χ4v) is 1.32. The van der Waals surface area contributed by atoms with Gasteiger partial charge < -0.3 is 19.4 Å². The lowest BCUT2D eigenvalue weighted by Crippen LogP contribution is -2.44. The number of carbonyl (C=O) groups is 3. The third-order valence-corrected chi connectivity index (χ3v) is 2.16. The number of nitrogens with zero attached hydrogens (tertiary/aromatic N) is 1. The molecule has 2 N–H and O–H groups in total. The summed E-state index contributed by atoms with van der Waals surface area (Å²) in [5.41, 5.74) is 0. The van der Waals surface area contributed by atoms with Gasteiger partial charge in [0.05, 0.1) is 27.6 Å². The molecule has 0 fully saturated rings. The zero-order chi connectivity index (χ0) is 14.5. The van der Waals surface area contributed by atoms with E-state index in [-0.39, 0.29) is 6.42 Å². The van der Waals surface area contributed by atoms with Gasteiger partial charge in [-0.05, 0) is 6.92 Å². The molecular weight excluding hydrogens is 242 g/mol. The Balaban J connectivity index is 4.63. The van der Waals surface area contributed by atoms with Crippen LogP contribution < -0.4 is 0 Å². The molecule has 0 heterocycles. The van der Waals surface area contributed by atoms with Gasteiger partial charge in [-0.1, -0.05) is 0 Å². The van der Waals surface area contributed by atoms with Crippen molar-refractivity contribution in [3.05, 3.63) is 0 Å². The van der Waals surface area contributed by atoms with Crippen molar-refractivity contribution in [2.24, 2.45) is 5.92 Å². The van der Waals surface area contributed by atoms with Crippen LogP contribution in [-0.2, 0) is 19.1 Å². The van der Waals surface area contributed by atoms with E-state index in [0.717, 1.165) is 0 Å². The maximum absolute atomic E-state index is 11.5. The molecule has 1 unspecified atom stereocenters. The summed E-state index contributed by atoms with van der Waals surface area (Å²) in [6.45, 7) is 1.50. The molecule has 104 valence electrons. The van der Waals surface area contributed by atoms with E-state index in [2.05, 4.69) is 0 Å². The quantitative estimate of drug-likeness (QED) is 0.374. The van der Waals surface area contributed by atoms with Crippen LogP contribution in [0.15, 0.2) is 0 Å². The Morgan fingerprint density at radius 1 is 1.17 bits per heavy atom. The zero-order valence-electron chi connectivity index (χ0n) is 11.0. The lowest BCUT2D eigenvalue weighted by molar-refractivity contribution is -0.873. The van der Waals surface area contributed by atoms with Crippen molar-refractivity contribution in [2.45, 2.75) is 19.4 Å². The first kappa shape index (κ1) is 16.4. The van der Waals surface area contributed by atoms with Gasteiger partial charge in [-0.15, -0.1) is 0 Å². The first-order chi connectivity index (χ1) is 8.03. The summed E-state index contributed by atoms with van der Waals surface area (Å²) >= 11 is 0. The van der Waals surface area contributed by atoms with Gasteiger partial charge in [0.15, 0.2) is 12.0 Å². The minimum Gasteiger partial charge on any atom is -0.481 e. The highest BCUT2D eigenvalue weighted by Crippen LogP contribution is 2.09. The van der Waals surface area contributed by atoms with Crippen LogP contribution in [0.2, 0.25) is 0 Å². The SMILES string of the molecule is CC(C(=O)O)C(=O)O[C@H](CC(=O)O)C[N+](C)(C)C. The Hall–Kier alpha value is -1.63. The number of rotatable bonds is 7. The summed E-state index contributed by atoms with van der Waals surface area (Å²) in [5, 5.41) is 17.4. The van der Waals surface area contributed by atoms with Gasteiger partial charge in [0.1, 0.15) is 6.54 Å². The standard InChI is InChI=1S/C11H19NO6/c1-7(10(15)16)11(17)18-8(5-9(13)14)6-12(2,3)4/h7-8H,5-6H2,1-4H3,(H-,13,14,15,16)/p+1/t7?,8-/m1/s1. The van der Waals surface area contributed by atoms with Gasteiger partial charge in [0.2, 0.25) is 0 Å². The highest BCUT2D eigenvalue weighted by atomic mass is 16.5. The van der Waals surface area contributed by atoms with Crippen LogP contribution in [0.1, 0.15) is 13.3 Å². The van der Waals surface area contributed by atoms with Crippen molar-refractivity contribution in [3.8, 4) is 0 Å². The van der Waals surface area contributed by atoms with Gasteiger partial charge in [-0.25, -0.2) is 0 Å². The largest absolute Gasteiger partial charge is 0.481 e. The van der Waals surface area contributed by atoms with E-state index in [9.17, 15) is 14.4 Å². The molecule has 0 radical (unpaired) electrons. The first-order valence-electron chi connectivity index (χ1n) is 5.48. The lowest BCUT2D eigenvalue weighted by atomic mass is 10.2. The van der Waals surface area contributed by atoms with E-state index in [1.165, 1.54) is 6.92 Å². The summed E-state index contributed by atoms with van der Waals surface area (Å²) in [7, 11) is 5.47. The van der Waals surface area contributed by atoms with Crippen LogP contribution in [0, 0.1) is 5.92 Å². The Morgan fingerprint density at radius 2 is 1.67 bits per heavy atom. The number of quaternary nitrogens is 1.